The van der Waals surface area contributed by atoms with Gasteiger partial charge in [-0.1, -0.05) is 12.1 Å². The van der Waals surface area contributed by atoms with Crippen LogP contribution in [0.25, 0.3) is 22.2 Å². The smallest absolute Gasteiger partial charge is 0.275 e. The summed E-state index contributed by atoms with van der Waals surface area (Å²) in [7, 11) is 1.72. The molecule has 0 spiro atoms. The zero-order valence-electron chi connectivity index (χ0n) is 18.7. The number of rotatable bonds is 5. The van der Waals surface area contributed by atoms with Crippen LogP contribution < -0.4 is 5.32 Å². The monoisotopic (exact) mass is 482 g/mol. The molecule has 1 unspecified atom stereocenters. The first-order valence-corrected chi connectivity index (χ1v) is 10.9. The van der Waals surface area contributed by atoms with Crippen molar-refractivity contribution in [2.24, 2.45) is 7.05 Å². The van der Waals surface area contributed by atoms with Gasteiger partial charge in [0.25, 0.3) is 5.91 Å². The van der Waals surface area contributed by atoms with Crippen LogP contribution in [0.3, 0.4) is 0 Å². The van der Waals surface area contributed by atoms with Gasteiger partial charge in [-0.05, 0) is 17.7 Å². The molecule has 1 fully saturated rings. The van der Waals surface area contributed by atoms with Crippen LogP contribution in [0.5, 0.6) is 0 Å². The first kappa shape index (κ1) is 22.8. The Morgan fingerprint density at radius 2 is 1.89 bits per heavy atom. The van der Waals surface area contributed by atoms with Crippen LogP contribution in [0.2, 0.25) is 0 Å². The number of nitrogens with zero attached hydrogens (tertiary/aromatic N) is 5. The average molecular weight is 482 g/mol. The van der Waals surface area contributed by atoms with E-state index in [0.717, 1.165) is 12.1 Å². The molecule has 8 nitrogen and oxygen atoms in total. The van der Waals surface area contributed by atoms with Crippen molar-refractivity contribution in [1.82, 2.24) is 24.6 Å². The van der Waals surface area contributed by atoms with Crippen LogP contribution in [-0.2, 0) is 11.8 Å². The van der Waals surface area contributed by atoms with E-state index >= 15 is 0 Å². The van der Waals surface area contributed by atoms with Gasteiger partial charge >= 0.3 is 0 Å². The number of aryl methyl sites for hydroxylation is 1. The second kappa shape index (κ2) is 9.34. The Bertz CT molecular complexity index is 1390. The Morgan fingerprint density at radius 1 is 1.14 bits per heavy atom. The summed E-state index contributed by atoms with van der Waals surface area (Å²) in [6.45, 7) is 1.31. The number of carbonyl (C=O) groups is 1. The normalized spacial score (nSPS) is 16.0. The number of ether oxygens (including phenoxy) is 1. The topological polar surface area (TPSA) is 85.2 Å². The molecule has 3 heterocycles. The van der Waals surface area contributed by atoms with Gasteiger partial charge in [0.1, 0.15) is 11.6 Å². The maximum Gasteiger partial charge on any atom is 0.275 e. The van der Waals surface area contributed by atoms with E-state index in [1.807, 2.05) is 0 Å². The minimum absolute atomic E-state index is 0.208. The predicted octanol–water partition coefficient (Wildman–Crippen LogP) is 3.40. The van der Waals surface area contributed by atoms with E-state index in [0.29, 0.717) is 30.1 Å². The first-order chi connectivity index (χ1) is 16.9. The molecule has 2 aromatic carbocycles. The minimum Gasteiger partial charge on any atom is -0.377 e. The van der Waals surface area contributed by atoms with Crippen LogP contribution in [0.1, 0.15) is 10.5 Å². The van der Waals surface area contributed by atoms with Crippen molar-refractivity contribution >= 4 is 22.8 Å². The number of anilines is 1. The largest absolute Gasteiger partial charge is 0.377 e. The van der Waals surface area contributed by atoms with E-state index in [9.17, 15) is 18.0 Å². The Hall–Kier alpha value is -3.99. The lowest BCUT2D eigenvalue weighted by Gasteiger charge is -2.35. The van der Waals surface area contributed by atoms with Crippen molar-refractivity contribution in [2.45, 2.75) is 6.04 Å². The molecule has 1 N–H and O–H groups in total. The summed E-state index contributed by atoms with van der Waals surface area (Å²) in [5.41, 5.74) is 1.98. The number of aromatic nitrogens is 4. The fraction of sp³-hybridized carbons (Fsp3) is 0.250. The summed E-state index contributed by atoms with van der Waals surface area (Å²) in [6, 6.07) is 7.51. The Balaban J connectivity index is 1.36. The van der Waals surface area contributed by atoms with Gasteiger partial charge in [0, 0.05) is 44.0 Å². The van der Waals surface area contributed by atoms with E-state index in [-0.39, 0.29) is 47.6 Å². The number of halogens is 3. The maximum atomic E-state index is 13.6. The lowest BCUT2D eigenvalue weighted by atomic mass is 10.0. The molecule has 1 atom stereocenters. The number of hydrogen-bond acceptors (Lipinski definition) is 6. The highest BCUT2D eigenvalue weighted by Gasteiger charge is 2.31. The second-order valence-electron chi connectivity index (χ2n) is 8.19. The Labute approximate surface area is 198 Å². The van der Waals surface area contributed by atoms with Gasteiger partial charge in [-0.25, -0.2) is 18.2 Å². The highest BCUT2D eigenvalue weighted by atomic mass is 19.2. The molecule has 11 heteroatoms. The summed E-state index contributed by atoms with van der Waals surface area (Å²) >= 11 is 0. The number of carbonyl (C=O) groups excluding carboxylic acids is 1. The van der Waals surface area contributed by atoms with E-state index in [1.54, 1.807) is 35.0 Å². The Morgan fingerprint density at radius 3 is 2.66 bits per heavy atom. The van der Waals surface area contributed by atoms with Crippen molar-refractivity contribution < 1.29 is 22.7 Å². The third kappa shape index (κ3) is 4.67. The van der Waals surface area contributed by atoms with Gasteiger partial charge in [0.15, 0.2) is 17.3 Å². The van der Waals surface area contributed by atoms with E-state index < -0.39 is 11.6 Å². The van der Waals surface area contributed by atoms with Crippen molar-refractivity contribution in [1.29, 1.82) is 0 Å². The number of fused-ring (bicyclic) bond motifs is 1. The molecule has 2 aromatic heterocycles. The molecule has 180 valence electrons. The quantitative estimate of drug-likeness (QED) is 0.470. The number of benzene rings is 2. The molecule has 1 aliphatic heterocycles. The number of morpholine rings is 1. The van der Waals surface area contributed by atoms with Crippen LogP contribution in [0.15, 0.2) is 48.8 Å². The molecule has 4 aromatic rings. The molecular formula is C24H21F3N6O2. The molecule has 0 bridgehead atoms. The van der Waals surface area contributed by atoms with Gasteiger partial charge in [0.05, 0.1) is 36.5 Å². The third-order valence-corrected chi connectivity index (χ3v) is 5.78. The maximum absolute atomic E-state index is 13.6. The van der Waals surface area contributed by atoms with Crippen molar-refractivity contribution in [2.75, 3.05) is 31.6 Å². The molecule has 1 aliphatic rings. The predicted molar refractivity (Wildman–Crippen MR) is 122 cm³/mol. The van der Waals surface area contributed by atoms with Crippen molar-refractivity contribution in [3.8, 4) is 11.1 Å². The molecule has 0 radical (unpaired) electrons. The van der Waals surface area contributed by atoms with E-state index in [4.69, 9.17) is 4.74 Å². The second-order valence-corrected chi connectivity index (χ2v) is 8.19. The SMILES string of the molecule is Cn1cc(-c2ccc(F)cc2)c(C(=O)N2CCOCC2CNc2cnc3cc(F)c(F)cc3n2)n1. The van der Waals surface area contributed by atoms with Crippen LogP contribution in [0.4, 0.5) is 19.0 Å². The van der Waals surface area contributed by atoms with Gasteiger partial charge in [0.2, 0.25) is 0 Å². The number of hydrogen-bond donors (Lipinski definition) is 1. The lowest BCUT2D eigenvalue weighted by molar-refractivity contribution is 0.00165. The van der Waals surface area contributed by atoms with E-state index in [2.05, 4.69) is 20.4 Å². The molecule has 35 heavy (non-hydrogen) atoms. The van der Waals surface area contributed by atoms with Gasteiger partial charge in [-0.2, -0.15) is 5.10 Å². The molecule has 5 rings (SSSR count). The van der Waals surface area contributed by atoms with Gasteiger partial charge < -0.3 is 15.0 Å². The summed E-state index contributed by atoms with van der Waals surface area (Å²) in [5.74, 6) is -2.28. The van der Waals surface area contributed by atoms with Crippen molar-refractivity contribution in [3.05, 3.63) is 71.9 Å². The Kier molecular flexibility index (Phi) is 6.08. The molecule has 0 saturated carbocycles. The highest BCUT2D eigenvalue weighted by molar-refractivity contribution is 5.99. The third-order valence-electron chi connectivity index (χ3n) is 5.78. The minimum atomic E-state index is -1.01. The van der Waals surface area contributed by atoms with Crippen LogP contribution in [0, 0.1) is 17.5 Å². The van der Waals surface area contributed by atoms with E-state index in [1.165, 1.54) is 18.3 Å². The number of amides is 1. The highest BCUT2D eigenvalue weighted by Crippen LogP contribution is 2.25. The van der Waals surface area contributed by atoms with Crippen LogP contribution >= 0.6 is 0 Å². The zero-order chi connectivity index (χ0) is 24.5. The lowest BCUT2D eigenvalue weighted by Crippen LogP contribution is -2.52. The summed E-state index contributed by atoms with van der Waals surface area (Å²) in [5, 5.41) is 7.47. The summed E-state index contributed by atoms with van der Waals surface area (Å²) < 4.78 is 47.5. The summed E-state index contributed by atoms with van der Waals surface area (Å²) in [4.78, 5) is 23.6. The van der Waals surface area contributed by atoms with Crippen LogP contribution in [-0.4, -0.2) is 62.9 Å². The number of nitrogens with one attached hydrogen (secondary N) is 1. The zero-order valence-corrected chi connectivity index (χ0v) is 18.7. The van der Waals surface area contributed by atoms with Gasteiger partial charge in [-0.15, -0.1) is 0 Å². The average Bonchev–Trinajstić information content (AvgIpc) is 3.25. The fourth-order valence-electron chi connectivity index (χ4n) is 4.03. The fourth-order valence-corrected chi connectivity index (χ4v) is 4.03. The van der Waals surface area contributed by atoms with Gasteiger partial charge in [-0.3, -0.25) is 14.5 Å². The molecule has 0 aliphatic carbocycles. The molecule has 1 saturated heterocycles. The molecule has 1 amide bonds. The van der Waals surface area contributed by atoms with Crippen molar-refractivity contribution in [3.63, 3.8) is 0 Å². The standard InChI is InChI=1S/C24H21F3N6O2/c1-32-12-17(14-2-4-15(25)5-3-14)23(31-32)24(34)33-6-7-35-13-16(33)10-29-22-11-28-20-8-18(26)19(27)9-21(20)30-22/h2-5,8-9,11-12,16H,6-7,10,13H2,1H3,(H,29,30). The summed E-state index contributed by atoms with van der Waals surface area (Å²) in [6.07, 6.45) is 3.14. The molecular weight excluding hydrogens is 461 g/mol. The first-order valence-electron chi connectivity index (χ1n) is 10.9.